The van der Waals surface area contributed by atoms with Crippen molar-refractivity contribution in [2.45, 2.75) is 26.6 Å². The van der Waals surface area contributed by atoms with E-state index in [0.717, 1.165) is 6.42 Å². The smallest absolute Gasteiger partial charge is 0.163 e. The predicted molar refractivity (Wildman–Crippen MR) is 43.5 cm³/mol. The van der Waals surface area contributed by atoms with E-state index in [0.29, 0.717) is 5.92 Å². The molecule has 4 nitrogen and oxygen atoms in total. The fraction of sp³-hybridized carbons (Fsp3) is 1.00. The maximum atomic E-state index is 5.21. The van der Waals surface area contributed by atoms with E-state index in [2.05, 4.69) is 6.92 Å². The van der Waals surface area contributed by atoms with Crippen LogP contribution in [0, 0.1) is 5.92 Å². The number of rotatable bonds is 6. The van der Waals surface area contributed by atoms with Crippen molar-refractivity contribution in [2.75, 3.05) is 13.5 Å². The summed E-state index contributed by atoms with van der Waals surface area (Å²) in [5.41, 5.74) is 10.4. The zero-order valence-electron chi connectivity index (χ0n) is 7.25. The Kier molecular flexibility index (Phi) is 6.45. The zero-order valence-corrected chi connectivity index (χ0v) is 7.25. The van der Waals surface area contributed by atoms with E-state index in [1.807, 2.05) is 6.92 Å². The molecular formula is C7H18N2O2. The van der Waals surface area contributed by atoms with Crippen molar-refractivity contribution in [1.82, 2.24) is 0 Å². The summed E-state index contributed by atoms with van der Waals surface area (Å²) in [7, 11) is 0. The highest BCUT2D eigenvalue weighted by Crippen LogP contribution is 2.11. The van der Waals surface area contributed by atoms with Crippen molar-refractivity contribution in [3.05, 3.63) is 0 Å². The second-order valence-corrected chi connectivity index (χ2v) is 2.42. The van der Waals surface area contributed by atoms with Gasteiger partial charge in [-0.15, -0.1) is 0 Å². The fourth-order valence-electron chi connectivity index (χ4n) is 0.759. The molecule has 1 atom stereocenters. The molecule has 0 aromatic heterocycles. The van der Waals surface area contributed by atoms with Gasteiger partial charge in [-0.25, -0.2) is 0 Å². The maximum absolute atomic E-state index is 5.21. The van der Waals surface area contributed by atoms with Crippen LogP contribution in [0.3, 0.4) is 0 Å². The fourth-order valence-corrected chi connectivity index (χ4v) is 0.759. The molecule has 0 heterocycles. The molecule has 0 aliphatic heterocycles. The molecule has 0 saturated heterocycles. The molecule has 4 heteroatoms. The van der Waals surface area contributed by atoms with E-state index in [1.165, 1.54) is 0 Å². The van der Waals surface area contributed by atoms with E-state index < -0.39 is 0 Å². The second kappa shape index (κ2) is 6.54. The van der Waals surface area contributed by atoms with Crippen LogP contribution in [0.15, 0.2) is 0 Å². The third-order valence-electron chi connectivity index (χ3n) is 1.63. The first-order chi connectivity index (χ1) is 5.26. The van der Waals surface area contributed by atoms with Crippen LogP contribution in [0.2, 0.25) is 0 Å². The molecule has 1 unspecified atom stereocenters. The van der Waals surface area contributed by atoms with Gasteiger partial charge in [0.15, 0.2) is 6.29 Å². The Morgan fingerprint density at radius 3 is 1.91 bits per heavy atom. The molecular weight excluding hydrogens is 144 g/mol. The first kappa shape index (κ1) is 10.8. The van der Waals surface area contributed by atoms with Crippen molar-refractivity contribution in [3.8, 4) is 0 Å². The number of hydrogen-bond donors (Lipinski definition) is 2. The minimum atomic E-state index is -0.255. The molecule has 0 amide bonds. The summed E-state index contributed by atoms with van der Waals surface area (Å²) in [5, 5.41) is 0. The van der Waals surface area contributed by atoms with Gasteiger partial charge in [0.05, 0.1) is 13.5 Å². The van der Waals surface area contributed by atoms with Gasteiger partial charge in [-0.3, -0.25) is 0 Å². The van der Waals surface area contributed by atoms with Crippen LogP contribution in [0.4, 0.5) is 0 Å². The van der Waals surface area contributed by atoms with Crippen molar-refractivity contribution in [2.24, 2.45) is 17.4 Å². The van der Waals surface area contributed by atoms with Crippen molar-refractivity contribution in [1.29, 1.82) is 0 Å². The van der Waals surface area contributed by atoms with Crippen LogP contribution >= 0.6 is 0 Å². The van der Waals surface area contributed by atoms with Gasteiger partial charge in [0.25, 0.3) is 0 Å². The summed E-state index contributed by atoms with van der Waals surface area (Å²) in [6, 6.07) is 0. The highest BCUT2D eigenvalue weighted by atomic mass is 16.7. The molecule has 11 heavy (non-hydrogen) atoms. The molecule has 4 N–H and O–H groups in total. The lowest BCUT2D eigenvalue weighted by Crippen LogP contribution is -2.29. The minimum Gasteiger partial charge on any atom is -0.337 e. The quantitative estimate of drug-likeness (QED) is 0.548. The van der Waals surface area contributed by atoms with Crippen molar-refractivity contribution in [3.63, 3.8) is 0 Å². The molecule has 0 fully saturated rings. The topological polar surface area (TPSA) is 70.5 Å². The molecule has 68 valence electrons. The third-order valence-corrected chi connectivity index (χ3v) is 1.63. The molecule has 0 aliphatic rings. The summed E-state index contributed by atoms with van der Waals surface area (Å²) in [6.45, 7) is 4.46. The number of hydrogen-bond acceptors (Lipinski definition) is 4. The summed E-state index contributed by atoms with van der Waals surface area (Å²) in [6.07, 6.45) is 0.736. The average Bonchev–Trinajstić information content (AvgIpc) is 2.03. The van der Waals surface area contributed by atoms with Crippen LogP contribution in [-0.2, 0) is 9.47 Å². The largest absolute Gasteiger partial charge is 0.337 e. The minimum absolute atomic E-state index is 0.176. The SMILES string of the molecule is CCC(C)C(OCN)OCN. The Morgan fingerprint density at radius 2 is 1.64 bits per heavy atom. The predicted octanol–water partition coefficient (Wildman–Crippen LogP) is 0.224. The molecule has 0 rings (SSSR count). The lowest BCUT2D eigenvalue weighted by atomic mass is 10.1. The monoisotopic (exact) mass is 162 g/mol. The highest BCUT2D eigenvalue weighted by Gasteiger charge is 2.15. The summed E-state index contributed by atoms with van der Waals surface area (Å²) >= 11 is 0. The second-order valence-electron chi connectivity index (χ2n) is 2.42. The molecule has 0 bridgehead atoms. The van der Waals surface area contributed by atoms with Gasteiger partial charge in [0, 0.05) is 5.92 Å². The van der Waals surface area contributed by atoms with Crippen molar-refractivity contribution < 1.29 is 9.47 Å². The van der Waals surface area contributed by atoms with Crippen LogP contribution < -0.4 is 11.5 Å². The van der Waals surface area contributed by atoms with Gasteiger partial charge in [0.2, 0.25) is 0 Å². The lowest BCUT2D eigenvalue weighted by Gasteiger charge is -2.21. The molecule has 0 radical (unpaired) electrons. The van der Waals surface area contributed by atoms with Crippen LogP contribution in [0.1, 0.15) is 20.3 Å². The van der Waals surface area contributed by atoms with Gasteiger partial charge in [-0.2, -0.15) is 0 Å². The van der Waals surface area contributed by atoms with Crippen LogP contribution in [0.5, 0.6) is 0 Å². The van der Waals surface area contributed by atoms with Gasteiger partial charge < -0.3 is 20.9 Å². The van der Waals surface area contributed by atoms with Gasteiger partial charge in [0.1, 0.15) is 0 Å². The van der Waals surface area contributed by atoms with Gasteiger partial charge >= 0.3 is 0 Å². The number of ether oxygens (including phenoxy) is 2. The lowest BCUT2D eigenvalue weighted by molar-refractivity contribution is -0.167. The highest BCUT2D eigenvalue weighted by molar-refractivity contribution is 4.53. The third kappa shape index (κ3) is 4.31. The molecule has 0 aromatic carbocycles. The first-order valence-corrected chi connectivity index (χ1v) is 3.89. The van der Waals surface area contributed by atoms with E-state index in [9.17, 15) is 0 Å². The molecule has 0 spiro atoms. The Bertz CT molecular complexity index is 84.5. The van der Waals surface area contributed by atoms with E-state index in [4.69, 9.17) is 20.9 Å². The van der Waals surface area contributed by atoms with Crippen LogP contribution in [-0.4, -0.2) is 19.8 Å². The van der Waals surface area contributed by atoms with Crippen LogP contribution in [0.25, 0.3) is 0 Å². The van der Waals surface area contributed by atoms with Gasteiger partial charge in [-0.05, 0) is 6.42 Å². The Morgan fingerprint density at radius 1 is 1.18 bits per heavy atom. The zero-order chi connectivity index (χ0) is 8.69. The average molecular weight is 162 g/mol. The summed E-state index contributed by atoms with van der Waals surface area (Å²) in [5.74, 6) is 0.335. The molecule has 0 saturated carbocycles. The molecule has 0 aliphatic carbocycles. The van der Waals surface area contributed by atoms with E-state index in [1.54, 1.807) is 0 Å². The maximum Gasteiger partial charge on any atom is 0.163 e. The standard InChI is InChI=1S/C7H18N2O2/c1-3-6(2)7(10-4-8)11-5-9/h6-7H,3-5,8-9H2,1-2H3. The van der Waals surface area contributed by atoms with Crippen molar-refractivity contribution >= 4 is 0 Å². The Hall–Kier alpha value is -0.160. The molecule has 0 aromatic rings. The Balaban J connectivity index is 3.66. The first-order valence-electron chi connectivity index (χ1n) is 3.89. The summed E-state index contributed by atoms with van der Waals surface area (Å²) in [4.78, 5) is 0. The normalized spacial score (nSPS) is 13.9. The van der Waals surface area contributed by atoms with E-state index in [-0.39, 0.29) is 19.8 Å². The summed E-state index contributed by atoms with van der Waals surface area (Å²) < 4.78 is 10.2. The van der Waals surface area contributed by atoms with Gasteiger partial charge in [-0.1, -0.05) is 13.8 Å². The Labute approximate surface area is 67.8 Å². The number of nitrogens with two attached hydrogens (primary N) is 2. The van der Waals surface area contributed by atoms with E-state index >= 15 is 0 Å².